The van der Waals surface area contributed by atoms with Gasteiger partial charge in [-0.15, -0.1) is 0 Å². The Kier molecular flexibility index (Phi) is 4.31. The molecule has 0 aliphatic rings. The van der Waals surface area contributed by atoms with E-state index in [-0.39, 0.29) is 0 Å². The molecule has 1 aromatic carbocycles. The third-order valence-electron chi connectivity index (χ3n) is 2.65. The van der Waals surface area contributed by atoms with Crippen LogP contribution < -0.4 is 5.32 Å². The minimum absolute atomic E-state index is 0.860. The summed E-state index contributed by atoms with van der Waals surface area (Å²) in [5, 5.41) is 3.09. The van der Waals surface area contributed by atoms with Crippen molar-refractivity contribution in [2.24, 2.45) is 0 Å². The summed E-state index contributed by atoms with van der Waals surface area (Å²) in [7, 11) is 1.88. The Bertz CT molecular complexity index is 540. The summed E-state index contributed by atoms with van der Waals surface area (Å²) in [6, 6.07) is 10.1. The Morgan fingerprint density at radius 1 is 1.22 bits per heavy atom. The molecular formula is C14H16BrN3. The minimum Gasteiger partial charge on any atom is -0.373 e. The van der Waals surface area contributed by atoms with E-state index in [1.54, 1.807) is 0 Å². The van der Waals surface area contributed by atoms with Crippen molar-refractivity contribution < 1.29 is 0 Å². The number of halogens is 1. The van der Waals surface area contributed by atoms with Gasteiger partial charge in [0.05, 0.1) is 5.69 Å². The zero-order chi connectivity index (χ0) is 13.0. The van der Waals surface area contributed by atoms with Crippen LogP contribution in [0.1, 0.15) is 19.2 Å². The highest BCUT2D eigenvalue weighted by Gasteiger charge is 2.08. The fraction of sp³-hybridized carbons (Fsp3) is 0.286. The molecule has 4 heteroatoms. The van der Waals surface area contributed by atoms with Gasteiger partial charge in [-0.3, -0.25) is 0 Å². The summed E-state index contributed by atoms with van der Waals surface area (Å²) >= 11 is 3.56. The number of nitrogens with zero attached hydrogens (tertiary/aromatic N) is 2. The van der Waals surface area contributed by atoms with Crippen LogP contribution in [0, 0.1) is 0 Å². The van der Waals surface area contributed by atoms with Gasteiger partial charge in [-0.25, -0.2) is 9.97 Å². The van der Waals surface area contributed by atoms with E-state index < -0.39 is 0 Å². The highest BCUT2D eigenvalue weighted by atomic mass is 79.9. The predicted molar refractivity (Wildman–Crippen MR) is 78.7 cm³/mol. The Balaban J connectivity index is 2.50. The highest BCUT2D eigenvalue weighted by Crippen LogP contribution is 2.27. The summed E-state index contributed by atoms with van der Waals surface area (Å²) in [6.07, 6.45) is 1.94. The molecule has 0 unspecified atom stereocenters. The lowest BCUT2D eigenvalue weighted by Crippen LogP contribution is -2.01. The third kappa shape index (κ3) is 2.88. The van der Waals surface area contributed by atoms with Gasteiger partial charge < -0.3 is 5.32 Å². The first kappa shape index (κ1) is 13.0. The average molecular weight is 306 g/mol. The van der Waals surface area contributed by atoms with Gasteiger partial charge in [-0.05, 0) is 12.5 Å². The van der Waals surface area contributed by atoms with E-state index in [9.17, 15) is 0 Å². The van der Waals surface area contributed by atoms with Crippen molar-refractivity contribution in [1.82, 2.24) is 9.97 Å². The molecule has 3 nitrogen and oxygen atoms in total. The van der Waals surface area contributed by atoms with Crippen LogP contribution >= 0.6 is 15.9 Å². The van der Waals surface area contributed by atoms with Gasteiger partial charge in [0.15, 0.2) is 0 Å². The Labute approximate surface area is 116 Å². The SMILES string of the molecule is CCCc1nc(NC)cc(-c2ccccc2Br)n1. The second kappa shape index (κ2) is 5.96. The molecule has 0 radical (unpaired) electrons. The Hall–Kier alpha value is -1.42. The first-order chi connectivity index (χ1) is 8.74. The van der Waals surface area contributed by atoms with Crippen molar-refractivity contribution >= 4 is 21.7 Å². The molecule has 1 aromatic heterocycles. The summed E-state index contributed by atoms with van der Waals surface area (Å²) in [4.78, 5) is 9.08. The second-order valence-corrected chi connectivity index (χ2v) is 4.89. The number of rotatable bonds is 4. The lowest BCUT2D eigenvalue weighted by molar-refractivity contribution is 0.838. The van der Waals surface area contributed by atoms with Gasteiger partial charge in [0, 0.05) is 29.6 Å². The maximum absolute atomic E-state index is 4.62. The summed E-state index contributed by atoms with van der Waals surface area (Å²) < 4.78 is 1.05. The molecular weight excluding hydrogens is 290 g/mol. The smallest absolute Gasteiger partial charge is 0.131 e. The van der Waals surface area contributed by atoms with Crippen molar-refractivity contribution in [3.63, 3.8) is 0 Å². The maximum atomic E-state index is 4.62. The molecule has 94 valence electrons. The van der Waals surface area contributed by atoms with E-state index in [4.69, 9.17) is 0 Å². The molecule has 0 fully saturated rings. The number of hydrogen-bond acceptors (Lipinski definition) is 3. The van der Waals surface area contributed by atoms with Crippen molar-refractivity contribution in [1.29, 1.82) is 0 Å². The molecule has 0 saturated heterocycles. The van der Waals surface area contributed by atoms with Gasteiger partial charge in [-0.2, -0.15) is 0 Å². The molecule has 0 bridgehead atoms. The monoisotopic (exact) mass is 305 g/mol. The standard InChI is InChI=1S/C14H16BrN3/c1-3-6-13-17-12(9-14(16-2)18-13)10-7-4-5-8-11(10)15/h4-5,7-9H,3,6H2,1-2H3,(H,16,17,18). The average Bonchev–Trinajstić information content (AvgIpc) is 2.39. The quantitative estimate of drug-likeness (QED) is 0.931. The fourth-order valence-electron chi connectivity index (χ4n) is 1.77. The topological polar surface area (TPSA) is 37.8 Å². The van der Waals surface area contributed by atoms with Crippen LogP contribution in [0.3, 0.4) is 0 Å². The van der Waals surface area contributed by atoms with E-state index >= 15 is 0 Å². The second-order valence-electron chi connectivity index (χ2n) is 4.03. The largest absolute Gasteiger partial charge is 0.373 e. The van der Waals surface area contributed by atoms with Gasteiger partial charge in [-0.1, -0.05) is 41.1 Å². The van der Waals surface area contributed by atoms with Gasteiger partial charge in [0.2, 0.25) is 0 Å². The van der Waals surface area contributed by atoms with Gasteiger partial charge in [0.25, 0.3) is 0 Å². The van der Waals surface area contributed by atoms with E-state index in [0.29, 0.717) is 0 Å². The molecule has 0 aliphatic carbocycles. The van der Waals surface area contributed by atoms with Crippen molar-refractivity contribution in [3.8, 4) is 11.3 Å². The Morgan fingerprint density at radius 3 is 2.67 bits per heavy atom. The molecule has 2 rings (SSSR count). The lowest BCUT2D eigenvalue weighted by Gasteiger charge is -2.08. The lowest BCUT2D eigenvalue weighted by atomic mass is 10.1. The fourth-order valence-corrected chi connectivity index (χ4v) is 2.26. The number of aromatic nitrogens is 2. The van der Waals surface area contributed by atoms with Crippen LogP contribution in [0.25, 0.3) is 11.3 Å². The molecule has 18 heavy (non-hydrogen) atoms. The van der Waals surface area contributed by atoms with E-state index in [1.807, 2.05) is 31.3 Å². The molecule has 0 amide bonds. The first-order valence-corrected chi connectivity index (χ1v) is 6.84. The zero-order valence-electron chi connectivity index (χ0n) is 10.6. The first-order valence-electron chi connectivity index (χ1n) is 6.05. The normalized spacial score (nSPS) is 10.4. The Morgan fingerprint density at radius 2 is 2.00 bits per heavy atom. The number of aryl methyl sites for hydroxylation is 1. The summed E-state index contributed by atoms with van der Waals surface area (Å²) in [6.45, 7) is 2.13. The minimum atomic E-state index is 0.860. The van der Waals surface area contributed by atoms with Crippen LogP contribution in [0.5, 0.6) is 0 Å². The van der Waals surface area contributed by atoms with Crippen LogP contribution in [0.2, 0.25) is 0 Å². The molecule has 0 atom stereocenters. The number of nitrogens with one attached hydrogen (secondary N) is 1. The number of hydrogen-bond donors (Lipinski definition) is 1. The third-order valence-corrected chi connectivity index (χ3v) is 3.34. The molecule has 1 heterocycles. The van der Waals surface area contributed by atoms with Crippen molar-refractivity contribution in [2.45, 2.75) is 19.8 Å². The van der Waals surface area contributed by atoms with E-state index in [1.165, 1.54) is 0 Å². The van der Waals surface area contributed by atoms with Crippen LogP contribution in [-0.2, 0) is 6.42 Å². The highest BCUT2D eigenvalue weighted by molar-refractivity contribution is 9.10. The predicted octanol–water partition coefficient (Wildman–Crippen LogP) is 3.90. The molecule has 0 saturated carbocycles. The molecule has 0 aliphatic heterocycles. The van der Waals surface area contributed by atoms with Crippen molar-refractivity contribution in [3.05, 3.63) is 40.6 Å². The molecule has 1 N–H and O–H groups in total. The number of benzene rings is 1. The van der Waals surface area contributed by atoms with Gasteiger partial charge in [0.1, 0.15) is 11.6 Å². The maximum Gasteiger partial charge on any atom is 0.131 e. The van der Waals surface area contributed by atoms with Crippen LogP contribution in [-0.4, -0.2) is 17.0 Å². The van der Waals surface area contributed by atoms with Gasteiger partial charge >= 0.3 is 0 Å². The zero-order valence-corrected chi connectivity index (χ0v) is 12.2. The summed E-state index contributed by atoms with van der Waals surface area (Å²) in [5.74, 6) is 1.74. The van der Waals surface area contributed by atoms with E-state index in [0.717, 1.165) is 40.2 Å². The number of anilines is 1. The molecule has 2 aromatic rings. The molecule has 0 spiro atoms. The van der Waals surface area contributed by atoms with Crippen molar-refractivity contribution in [2.75, 3.05) is 12.4 Å². The van der Waals surface area contributed by atoms with Crippen LogP contribution in [0.4, 0.5) is 5.82 Å². The summed E-state index contributed by atoms with van der Waals surface area (Å²) in [5.41, 5.74) is 2.04. The van der Waals surface area contributed by atoms with Crippen LogP contribution in [0.15, 0.2) is 34.8 Å². The van der Waals surface area contributed by atoms with E-state index in [2.05, 4.69) is 44.2 Å².